The van der Waals surface area contributed by atoms with Crippen LogP contribution < -0.4 is 5.32 Å². The predicted octanol–water partition coefficient (Wildman–Crippen LogP) is 4.30. The number of nitrogens with one attached hydrogen (secondary N) is 1. The molecule has 1 N–H and O–H groups in total. The highest BCUT2D eigenvalue weighted by atomic mass is 127. The lowest BCUT2D eigenvalue weighted by Crippen LogP contribution is -2.38. The minimum atomic E-state index is 0. The number of hydrogen-bond acceptors (Lipinski definition) is 3. The Bertz CT molecular complexity index is 515. The molecule has 0 bridgehead atoms. The number of nitrogens with zero attached hydrogens (tertiary/aromatic N) is 3. The second-order valence-electron chi connectivity index (χ2n) is 6.70. The normalized spacial score (nSPS) is 15.0. The van der Waals surface area contributed by atoms with Crippen molar-refractivity contribution in [2.75, 3.05) is 46.0 Å². The van der Waals surface area contributed by atoms with E-state index >= 15 is 0 Å². The highest BCUT2D eigenvalue weighted by molar-refractivity contribution is 14.0. The number of guanidine groups is 1. The molecule has 0 aliphatic carbocycles. The number of likely N-dealkylation sites (tertiary alicyclic amines) is 1. The Hall–Kier alpha value is -0.470. The van der Waals surface area contributed by atoms with Crippen LogP contribution in [0.3, 0.4) is 0 Å². The number of halogens is 1. The van der Waals surface area contributed by atoms with Crippen LogP contribution in [-0.2, 0) is 6.54 Å². The summed E-state index contributed by atoms with van der Waals surface area (Å²) in [6, 6.07) is 8.80. The number of rotatable bonds is 9. The summed E-state index contributed by atoms with van der Waals surface area (Å²) in [5.41, 5.74) is 1.32. The van der Waals surface area contributed by atoms with Crippen molar-refractivity contribution in [3.05, 3.63) is 29.8 Å². The van der Waals surface area contributed by atoms with Gasteiger partial charge in [-0.2, -0.15) is 0 Å². The van der Waals surface area contributed by atoms with Crippen LogP contribution in [0.15, 0.2) is 34.2 Å². The van der Waals surface area contributed by atoms with Gasteiger partial charge in [0.1, 0.15) is 0 Å². The van der Waals surface area contributed by atoms with E-state index in [-0.39, 0.29) is 24.0 Å². The van der Waals surface area contributed by atoms with Crippen LogP contribution in [0.25, 0.3) is 0 Å². The third-order valence-electron chi connectivity index (χ3n) is 4.62. The smallest absolute Gasteiger partial charge is 0.193 e. The summed E-state index contributed by atoms with van der Waals surface area (Å²) in [7, 11) is 2.12. The van der Waals surface area contributed by atoms with Crippen molar-refractivity contribution in [2.45, 2.75) is 44.0 Å². The first-order chi connectivity index (χ1) is 12.2. The molecular formula is C20H35IN4S. The zero-order valence-electron chi connectivity index (χ0n) is 16.5. The molecule has 6 heteroatoms. The number of unbranched alkanes of at least 4 members (excludes halogenated alkanes) is 1. The van der Waals surface area contributed by atoms with Crippen LogP contribution in [0.4, 0.5) is 0 Å². The molecule has 0 unspecified atom stereocenters. The number of thioether (sulfide) groups is 1. The molecule has 1 saturated heterocycles. The highest BCUT2D eigenvalue weighted by Crippen LogP contribution is 2.15. The standard InChI is InChI=1S/C20H34N4S.HI/c1-4-21-20(22-13-5-6-14-24-15-7-8-16-24)23(2)17-18-9-11-19(25-3)12-10-18;/h9-12H,4-8,13-17H2,1-3H3,(H,21,22);1H. The molecule has 26 heavy (non-hydrogen) atoms. The van der Waals surface area contributed by atoms with E-state index in [2.05, 4.69) is 59.6 Å². The van der Waals surface area contributed by atoms with Crippen LogP contribution in [-0.4, -0.2) is 61.8 Å². The first-order valence-corrected chi connectivity index (χ1v) is 10.8. The van der Waals surface area contributed by atoms with Gasteiger partial charge in [0.2, 0.25) is 0 Å². The van der Waals surface area contributed by atoms with Gasteiger partial charge >= 0.3 is 0 Å². The number of aliphatic imine (C=N–C) groups is 1. The number of hydrogen-bond donors (Lipinski definition) is 1. The van der Waals surface area contributed by atoms with E-state index in [0.717, 1.165) is 25.6 Å². The fourth-order valence-electron chi connectivity index (χ4n) is 3.19. The Morgan fingerprint density at radius 1 is 1.19 bits per heavy atom. The molecule has 0 amide bonds. The van der Waals surface area contributed by atoms with Crippen LogP contribution in [0.2, 0.25) is 0 Å². The molecule has 0 atom stereocenters. The topological polar surface area (TPSA) is 30.9 Å². The lowest BCUT2D eigenvalue weighted by Gasteiger charge is -2.22. The van der Waals surface area contributed by atoms with E-state index in [4.69, 9.17) is 4.99 Å². The summed E-state index contributed by atoms with van der Waals surface area (Å²) in [6.45, 7) is 8.66. The zero-order chi connectivity index (χ0) is 17.9. The maximum Gasteiger partial charge on any atom is 0.193 e. The molecule has 1 aromatic rings. The Labute approximate surface area is 181 Å². The molecule has 0 spiro atoms. The van der Waals surface area contributed by atoms with Gasteiger partial charge in [-0.05, 0) is 76.2 Å². The van der Waals surface area contributed by atoms with E-state index in [1.807, 2.05) is 0 Å². The lowest BCUT2D eigenvalue weighted by atomic mass is 10.2. The summed E-state index contributed by atoms with van der Waals surface area (Å²) < 4.78 is 0. The highest BCUT2D eigenvalue weighted by Gasteiger charge is 2.10. The fraction of sp³-hybridized carbons (Fsp3) is 0.650. The van der Waals surface area contributed by atoms with Crippen molar-refractivity contribution >= 4 is 41.7 Å². The summed E-state index contributed by atoms with van der Waals surface area (Å²) in [5, 5.41) is 3.42. The van der Waals surface area contributed by atoms with Crippen molar-refractivity contribution in [2.24, 2.45) is 4.99 Å². The van der Waals surface area contributed by atoms with Crippen LogP contribution in [0.5, 0.6) is 0 Å². The SMILES string of the molecule is CCNC(=NCCCCN1CCCC1)N(C)Cc1ccc(SC)cc1.I. The van der Waals surface area contributed by atoms with Gasteiger partial charge in [-0.15, -0.1) is 35.7 Å². The summed E-state index contributed by atoms with van der Waals surface area (Å²) in [4.78, 5) is 10.9. The fourth-order valence-corrected chi connectivity index (χ4v) is 3.60. The quantitative estimate of drug-likeness (QED) is 0.184. The molecule has 1 heterocycles. The van der Waals surface area contributed by atoms with Gasteiger partial charge in [-0.25, -0.2) is 0 Å². The molecule has 1 fully saturated rings. The Balaban J connectivity index is 0.00000338. The third-order valence-corrected chi connectivity index (χ3v) is 5.36. The minimum Gasteiger partial charge on any atom is -0.357 e. The second-order valence-corrected chi connectivity index (χ2v) is 7.58. The molecule has 4 nitrogen and oxygen atoms in total. The van der Waals surface area contributed by atoms with Gasteiger partial charge in [0.05, 0.1) is 0 Å². The van der Waals surface area contributed by atoms with Gasteiger partial charge in [0.25, 0.3) is 0 Å². The maximum absolute atomic E-state index is 4.82. The van der Waals surface area contributed by atoms with E-state index in [1.165, 1.54) is 55.8 Å². The van der Waals surface area contributed by atoms with Crippen molar-refractivity contribution in [1.29, 1.82) is 0 Å². The zero-order valence-corrected chi connectivity index (χ0v) is 19.7. The van der Waals surface area contributed by atoms with Crippen molar-refractivity contribution < 1.29 is 0 Å². The molecule has 0 radical (unpaired) electrons. The second kappa shape index (κ2) is 13.7. The lowest BCUT2D eigenvalue weighted by molar-refractivity contribution is 0.331. The van der Waals surface area contributed by atoms with Gasteiger partial charge in [-0.1, -0.05) is 12.1 Å². The molecule has 0 saturated carbocycles. The Kier molecular flexibility index (Phi) is 12.4. The van der Waals surface area contributed by atoms with E-state index < -0.39 is 0 Å². The van der Waals surface area contributed by atoms with Crippen LogP contribution in [0.1, 0.15) is 38.2 Å². The van der Waals surface area contributed by atoms with Gasteiger partial charge in [-0.3, -0.25) is 4.99 Å². The average molecular weight is 490 g/mol. The van der Waals surface area contributed by atoms with E-state index in [9.17, 15) is 0 Å². The van der Waals surface area contributed by atoms with Crippen LogP contribution >= 0.6 is 35.7 Å². The number of benzene rings is 1. The van der Waals surface area contributed by atoms with E-state index in [1.54, 1.807) is 11.8 Å². The Morgan fingerprint density at radius 3 is 2.50 bits per heavy atom. The molecular weight excluding hydrogens is 455 g/mol. The summed E-state index contributed by atoms with van der Waals surface area (Å²) >= 11 is 1.78. The summed E-state index contributed by atoms with van der Waals surface area (Å²) in [5.74, 6) is 1.01. The molecule has 1 aromatic carbocycles. The van der Waals surface area contributed by atoms with Gasteiger partial charge in [0, 0.05) is 31.6 Å². The predicted molar refractivity (Wildman–Crippen MR) is 126 cm³/mol. The van der Waals surface area contributed by atoms with Crippen molar-refractivity contribution in [3.63, 3.8) is 0 Å². The van der Waals surface area contributed by atoms with E-state index in [0.29, 0.717) is 0 Å². The molecule has 1 aliphatic rings. The molecule has 2 rings (SSSR count). The largest absolute Gasteiger partial charge is 0.357 e. The summed E-state index contributed by atoms with van der Waals surface area (Å²) in [6.07, 6.45) is 7.29. The first kappa shape index (κ1) is 23.6. The van der Waals surface area contributed by atoms with Crippen LogP contribution in [0, 0.1) is 0 Å². The van der Waals surface area contributed by atoms with Gasteiger partial charge < -0.3 is 15.1 Å². The third kappa shape index (κ3) is 8.48. The minimum absolute atomic E-state index is 0. The van der Waals surface area contributed by atoms with Crippen molar-refractivity contribution in [1.82, 2.24) is 15.1 Å². The molecule has 1 aliphatic heterocycles. The molecule has 148 valence electrons. The average Bonchev–Trinajstić information content (AvgIpc) is 3.14. The molecule has 0 aromatic heterocycles. The Morgan fingerprint density at radius 2 is 1.88 bits per heavy atom. The first-order valence-electron chi connectivity index (χ1n) is 9.57. The van der Waals surface area contributed by atoms with Crippen molar-refractivity contribution in [3.8, 4) is 0 Å². The van der Waals surface area contributed by atoms with Gasteiger partial charge in [0.15, 0.2) is 5.96 Å². The maximum atomic E-state index is 4.82. The monoisotopic (exact) mass is 490 g/mol.